The molecule has 3 nitrogen and oxygen atoms in total. The van der Waals surface area contributed by atoms with Crippen LogP contribution in [0.4, 0.5) is 13.2 Å². The highest BCUT2D eigenvalue weighted by molar-refractivity contribution is 5.57. The van der Waals surface area contributed by atoms with Crippen molar-refractivity contribution >= 4 is 0 Å². The van der Waals surface area contributed by atoms with Crippen molar-refractivity contribution in [1.29, 1.82) is 0 Å². The van der Waals surface area contributed by atoms with Crippen LogP contribution in [0.1, 0.15) is 37.7 Å². The van der Waals surface area contributed by atoms with Crippen LogP contribution in [0.2, 0.25) is 0 Å². The maximum Gasteiger partial charge on any atom is 0.433 e. The summed E-state index contributed by atoms with van der Waals surface area (Å²) in [5, 5.41) is 0. The number of nitrogens with zero attached hydrogens (tertiary/aromatic N) is 3. The molecule has 0 aliphatic carbocycles. The summed E-state index contributed by atoms with van der Waals surface area (Å²) < 4.78 is 37.8. The molecule has 0 aliphatic heterocycles. The van der Waals surface area contributed by atoms with Crippen LogP contribution >= 0.6 is 0 Å². The van der Waals surface area contributed by atoms with Crippen molar-refractivity contribution in [1.82, 2.24) is 15.0 Å². The van der Waals surface area contributed by atoms with E-state index in [0.717, 1.165) is 11.6 Å². The topological polar surface area (TPSA) is 38.7 Å². The van der Waals surface area contributed by atoms with Gasteiger partial charge in [-0.05, 0) is 30.0 Å². The van der Waals surface area contributed by atoms with Crippen LogP contribution < -0.4 is 0 Å². The normalized spacial score (nSPS) is 12.5. The van der Waals surface area contributed by atoms with Gasteiger partial charge in [0.1, 0.15) is 5.69 Å². The van der Waals surface area contributed by atoms with Crippen molar-refractivity contribution < 1.29 is 13.2 Å². The molecule has 0 aromatic carbocycles. The third-order valence-corrected chi connectivity index (χ3v) is 3.14. The van der Waals surface area contributed by atoms with Crippen LogP contribution in [0.25, 0.3) is 11.4 Å². The van der Waals surface area contributed by atoms with Crippen LogP contribution in [-0.4, -0.2) is 15.0 Å². The van der Waals surface area contributed by atoms with Crippen LogP contribution in [0.15, 0.2) is 24.5 Å². The predicted molar refractivity (Wildman–Crippen MR) is 73.7 cm³/mol. The monoisotopic (exact) mass is 295 g/mol. The van der Waals surface area contributed by atoms with E-state index in [4.69, 9.17) is 0 Å². The molecule has 0 radical (unpaired) electrons. The molecule has 0 amide bonds. The number of pyridine rings is 1. The van der Waals surface area contributed by atoms with Crippen molar-refractivity contribution in [2.75, 3.05) is 0 Å². The standard InChI is InChI=1S/C15H16F3N3/c1-9-11(5-6-12(21-9)15(16,17)18)13-19-7-10(8-20-13)14(2,3)4/h5-8H,1-4H3. The maximum atomic E-state index is 12.6. The third kappa shape index (κ3) is 3.37. The first-order valence-corrected chi connectivity index (χ1v) is 6.47. The summed E-state index contributed by atoms with van der Waals surface area (Å²) in [4.78, 5) is 12.1. The number of halogens is 3. The van der Waals surface area contributed by atoms with E-state index in [2.05, 4.69) is 15.0 Å². The molecule has 0 unspecified atom stereocenters. The average molecular weight is 295 g/mol. The van der Waals surface area contributed by atoms with E-state index in [1.165, 1.54) is 13.0 Å². The molecule has 6 heteroatoms. The molecule has 0 saturated carbocycles. The number of hydrogen-bond acceptors (Lipinski definition) is 3. The Balaban J connectivity index is 2.39. The summed E-state index contributed by atoms with van der Waals surface area (Å²) in [6.07, 6.45) is -1.06. The molecule has 2 aromatic heterocycles. The second kappa shape index (κ2) is 5.09. The van der Waals surface area contributed by atoms with Gasteiger partial charge in [-0.3, -0.25) is 0 Å². The fourth-order valence-corrected chi connectivity index (χ4v) is 1.81. The number of rotatable bonds is 1. The minimum absolute atomic E-state index is 0.0774. The third-order valence-electron chi connectivity index (χ3n) is 3.14. The van der Waals surface area contributed by atoms with Crippen molar-refractivity contribution in [3.05, 3.63) is 41.5 Å². The summed E-state index contributed by atoms with van der Waals surface area (Å²) in [6.45, 7) is 7.63. The van der Waals surface area contributed by atoms with Gasteiger partial charge in [0.05, 0.1) is 0 Å². The van der Waals surface area contributed by atoms with Gasteiger partial charge in [-0.1, -0.05) is 20.8 Å². The molecule has 2 heterocycles. The summed E-state index contributed by atoms with van der Waals surface area (Å²) in [5.74, 6) is 0.377. The number of aryl methyl sites for hydroxylation is 1. The quantitative estimate of drug-likeness (QED) is 0.792. The van der Waals surface area contributed by atoms with Gasteiger partial charge in [0.15, 0.2) is 5.82 Å². The van der Waals surface area contributed by atoms with Gasteiger partial charge >= 0.3 is 6.18 Å². The highest BCUT2D eigenvalue weighted by Gasteiger charge is 2.32. The first-order chi connectivity index (χ1) is 9.59. The molecule has 0 bridgehead atoms. The highest BCUT2D eigenvalue weighted by Crippen LogP contribution is 2.30. The molecule has 0 spiro atoms. The van der Waals surface area contributed by atoms with Gasteiger partial charge in [0.25, 0.3) is 0 Å². The molecule has 21 heavy (non-hydrogen) atoms. The van der Waals surface area contributed by atoms with E-state index in [1.54, 1.807) is 12.4 Å². The molecule has 0 N–H and O–H groups in total. The Labute approximate surface area is 121 Å². The second-order valence-corrected chi connectivity index (χ2v) is 5.87. The second-order valence-electron chi connectivity index (χ2n) is 5.87. The number of alkyl halides is 3. The minimum atomic E-state index is -4.44. The molecule has 0 fully saturated rings. The van der Waals surface area contributed by atoms with E-state index in [9.17, 15) is 13.2 Å². The Hall–Kier alpha value is -1.98. The number of aromatic nitrogens is 3. The fourth-order valence-electron chi connectivity index (χ4n) is 1.81. The average Bonchev–Trinajstić information content (AvgIpc) is 2.36. The lowest BCUT2D eigenvalue weighted by Crippen LogP contribution is -2.12. The van der Waals surface area contributed by atoms with Crippen LogP contribution in [-0.2, 0) is 11.6 Å². The Kier molecular flexibility index (Phi) is 3.74. The summed E-state index contributed by atoms with van der Waals surface area (Å²) in [5.41, 5.74) is 0.738. The van der Waals surface area contributed by atoms with E-state index < -0.39 is 11.9 Å². The zero-order valence-electron chi connectivity index (χ0n) is 12.3. The molecule has 0 atom stereocenters. The van der Waals surface area contributed by atoms with Gasteiger partial charge in [-0.15, -0.1) is 0 Å². The van der Waals surface area contributed by atoms with Gasteiger partial charge in [-0.2, -0.15) is 13.2 Å². The Bertz CT molecular complexity index is 641. The lowest BCUT2D eigenvalue weighted by Gasteiger charge is -2.18. The molecular formula is C15H16F3N3. The van der Waals surface area contributed by atoms with Gasteiger partial charge in [0, 0.05) is 23.7 Å². The zero-order chi connectivity index (χ0) is 15.8. The summed E-state index contributed by atoms with van der Waals surface area (Å²) in [6, 6.07) is 2.31. The predicted octanol–water partition coefficient (Wildman–Crippen LogP) is 4.16. The van der Waals surface area contributed by atoms with Gasteiger partial charge in [0.2, 0.25) is 0 Å². The van der Waals surface area contributed by atoms with Crippen molar-refractivity contribution in [3.8, 4) is 11.4 Å². The lowest BCUT2D eigenvalue weighted by molar-refractivity contribution is -0.141. The van der Waals surface area contributed by atoms with Gasteiger partial charge in [-0.25, -0.2) is 15.0 Å². The first kappa shape index (κ1) is 15.4. The molecule has 0 saturated heterocycles. The molecule has 2 aromatic rings. The molecule has 0 aliphatic rings. The van der Waals surface area contributed by atoms with E-state index in [-0.39, 0.29) is 11.1 Å². The molecule has 112 valence electrons. The largest absolute Gasteiger partial charge is 0.433 e. The highest BCUT2D eigenvalue weighted by atomic mass is 19.4. The zero-order valence-corrected chi connectivity index (χ0v) is 12.3. The summed E-state index contributed by atoms with van der Waals surface area (Å²) >= 11 is 0. The van der Waals surface area contributed by atoms with E-state index in [1.807, 2.05) is 20.8 Å². The van der Waals surface area contributed by atoms with Crippen molar-refractivity contribution in [2.45, 2.75) is 39.3 Å². The van der Waals surface area contributed by atoms with Crippen molar-refractivity contribution in [3.63, 3.8) is 0 Å². The SMILES string of the molecule is Cc1nc(C(F)(F)F)ccc1-c1ncc(C(C)(C)C)cn1. The molecular weight excluding hydrogens is 279 g/mol. The number of hydrogen-bond donors (Lipinski definition) is 0. The van der Waals surface area contributed by atoms with E-state index >= 15 is 0 Å². The molecule has 2 rings (SSSR count). The van der Waals surface area contributed by atoms with Crippen LogP contribution in [0.3, 0.4) is 0 Å². The summed E-state index contributed by atoms with van der Waals surface area (Å²) in [7, 11) is 0. The van der Waals surface area contributed by atoms with Gasteiger partial charge < -0.3 is 0 Å². The Morgan fingerprint density at radius 3 is 1.95 bits per heavy atom. The van der Waals surface area contributed by atoms with Crippen LogP contribution in [0, 0.1) is 6.92 Å². The lowest BCUT2D eigenvalue weighted by atomic mass is 9.89. The Morgan fingerprint density at radius 2 is 1.52 bits per heavy atom. The maximum absolute atomic E-state index is 12.6. The smallest absolute Gasteiger partial charge is 0.248 e. The first-order valence-electron chi connectivity index (χ1n) is 6.47. The Morgan fingerprint density at radius 1 is 0.952 bits per heavy atom. The minimum Gasteiger partial charge on any atom is -0.248 e. The van der Waals surface area contributed by atoms with Crippen LogP contribution in [0.5, 0.6) is 0 Å². The van der Waals surface area contributed by atoms with Crippen molar-refractivity contribution in [2.24, 2.45) is 0 Å². The van der Waals surface area contributed by atoms with E-state index in [0.29, 0.717) is 11.4 Å². The fraction of sp³-hybridized carbons (Fsp3) is 0.400.